The minimum atomic E-state index is -0.952. The van der Waals surface area contributed by atoms with Crippen LogP contribution in [0.4, 0.5) is 0 Å². The predicted octanol–water partition coefficient (Wildman–Crippen LogP) is 3.20. The molecular formula is C13H11BrO2. The van der Waals surface area contributed by atoms with E-state index in [-0.39, 0.29) is 5.92 Å². The summed E-state index contributed by atoms with van der Waals surface area (Å²) in [5.74, 6) is 1.62. The van der Waals surface area contributed by atoms with E-state index in [9.17, 15) is 4.79 Å². The van der Waals surface area contributed by atoms with Gasteiger partial charge in [0.15, 0.2) is 0 Å². The van der Waals surface area contributed by atoms with Crippen LogP contribution in [0.1, 0.15) is 17.9 Å². The third kappa shape index (κ3) is 3.92. The Kier molecular flexibility index (Phi) is 4.81. The molecule has 0 aliphatic rings. The second-order valence-electron chi connectivity index (χ2n) is 3.25. The molecule has 0 spiro atoms. The number of hydrogen-bond acceptors (Lipinski definition) is 1. The van der Waals surface area contributed by atoms with Crippen LogP contribution in [0.2, 0.25) is 0 Å². The molecule has 0 radical (unpaired) electrons. The van der Waals surface area contributed by atoms with Crippen LogP contribution in [-0.2, 0) is 4.79 Å². The molecule has 0 aliphatic heterocycles. The lowest BCUT2D eigenvalue weighted by Gasteiger charge is -2.07. The highest BCUT2D eigenvalue weighted by molar-refractivity contribution is 9.10. The van der Waals surface area contributed by atoms with E-state index < -0.39 is 5.97 Å². The lowest BCUT2D eigenvalue weighted by atomic mass is 9.96. The van der Waals surface area contributed by atoms with Crippen molar-refractivity contribution in [2.24, 2.45) is 0 Å². The first-order chi connectivity index (χ1) is 7.63. The number of hydrogen-bond donors (Lipinski definition) is 1. The van der Waals surface area contributed by atoms with Crippen molar-refractivity contribution in [3.63, 3.8) is 0 Å². The van der Waals surface area contributed by atoms with Gasteiger partial charge in [-0.15, -0.1) is 6.42 Å². The summed E-state index contributed by atoms with van der Waals surface area (Å²) in [7, 11) is 0. The molecule has 1 aromatic carbocycles. The monoisotopic (exact) mass is 278 g/mol. The van der Waals surface area contributed by atoms with Gasteiger partial charge in [0.25, 0.3) is 0 Å². The van der Waals surface area contributed by atoms with Crippen molar-refractivity contribution in [1.82, 2.24) is 0 Å². The highest BCUT2D eigenvalue weighted by atomic mass is 79.9. The maximum absolute atomic E-state index is 10.3. The first-order valence-corrected chi connectivity index (χ1v) is 5.54. The second-order valence-corrected chi connectivity index (χ2v) is 4.16. The summed E-state index contributed by atoms with van der Waals surface area (Å²) < 4.78 is 0.994. The van der Waals surface area contributed by atoms with Crippen molar-refractivity contribution in [3.8, 4) is 12.3 Å². The number of terminal acetylenes is 1. The largest absolute Gasteiger partial charge is 0.478 e. The molecule has 0 saturated carbocycles. The standard InChI is InChI=1S/C13H11BrO2/c1-2-10(4-3-5-13(15)16)11-6-8-12(14)9-7-11/h1,3,5-10H,4H2,(H,15,16)/b5-3+. The van der Waals surface area contributed by atoms with Crippen LogP contribution in [-0.4, -0.2) is 11.1 Å². The first-order valence-electron chi connectivity index (χ1n) is 4.74. The zero-order chi connectivity index (χ0) is 12.0. The van der Waals surface area contributed by atoms with Gasteiger partial charge in [0.2, 0.25) is 0 Å². The van der Waals surface area contributed by atoms with Gasteiger partial charge in [-0.25, -0.2) is 4.79 Å². The molecule has 1 atom stereocenters. The van der Waals surface area contributed by atoms with Crippen molar-refractivity contribution in [2.75, 3.05) is 0 Å². The van der Waals surface area contributed by atoms with Crippen molar-refractivity contribution in [3.05, 3.63) is 46.5 Å². The van der Waals surface area contributed by atoms with E-state index in [1.807, 2.05) is 24.3 Å². The third-order valence-electron chi connectivity index (χ3n) is 2.11. The lowest BCUT2D eigenvalue weighted by Crippen LogP contribution is -1.94. The molecule has 2 nitrogen and oxygen atoms in total. The molecule has 1 unspecified atom stereocenters. The van der Waals surface area contributed by atoms with Gasteiger partial charge in [-0.05, 0) is 24.1 Å². The van der Waals surface area contributed by atoms with E-state index >= 15 is 0 Å². The van der Waals surface area contributed by atoms with E-state index in [0.29, 0.717) is 6.42 Å². The van der Waals surface area contributed by atoms with Crippen LogP contribution in [0.15, 0.2) is 40.9 Å². The van der Waals surface area contributed by atoms with Crippen LogP contribution in [0, 0.1) is 12.3 Å². The second kappa shape index (κ2) is 6.14. The maximum Gasteiger partial charge on any atom is 0.327 e. The van der Waals surface area contributed by atoms with Crippen LogP contribution < -0.4 is 0 Å². The van der Waals surface area contributed by atoms with Gasteiger partial charge >= 0.3 is 5.97 Å². The molecule has 82 valence electrons. The number of rotatable bonds is 4. The molecule has 0 aromatic heterocycles. The Labute approximate surface area is 103 Å². The van der Waals surface area contributed by atoms with Gasteiger partial charge in [0, 0.05) is 16.5 Å². The predicted molar refractivity (Wildman–Crippen MR) is 67.1 cm³/mol. The molecule has 16 heavy (non-hydrogen) atoms. The molecule has 1 N–H and O–H groups in total. The fourth-order valence-corrected chi connectivity index (χ4v) is 1.56. The maximum atomic E-state index is 10.3. The summed E-state index contributed by atoms with van der Waals surface area (Å²) in [6.07, 6.45) is 8.64. The summed E-state index contributed by atoms with van der Waals surface area (Å²) in [4.78, 5) is 10.3. The van der Waals surface area contributed by atoms with Crippen LogP contribution in [0.5, 0.6) is 0 Å². The van der Waals surface area contributed by atoms with Gasteiger partial charge in [0.1, 0.15) is 0 Å². The Balaban J connectivity index is 2.72. The number of halogens is 1. The summed E-state index contributed by atoms with van der Waals surface area (Å²) in [6.45, 7) is 0. The average molecular weight is 279 g/mol. The van der Waals surface area contributed by atoms with Crippen molar-refractivity contribution >= 4 is 21.9 Å². The zero-order valence-electron chi connectivity index (χ0n) is 8.56. The number of carbonyl (C=O) groups is 1. The summed E-state index contributed by atoms with van der Waals surface area (Å²) >= 11 is 3.34. The van der Waals surface area contributed by atoms with Crippen molar-refractivity contribution in [2.45, 2.75) is 12.3 Å². The van der Waals surface area contributed by atoms with Gasteiger partial charge < -0.3 is 5.11 Å². The normalized spacial score (nSPS) is 12.2. The quantitative estimate of drug-likeness (QED) is 0.678. The minimum Gasteiger partial charge on any atom is -0.478 e. The van der Waals surface area contributed by atoms with Crippen LogP contribution >= 0.6 is 15.9 Å². The van der Waals surface area contributed by atoms with E-state index in [1.165, 1.54) is 0 Å². The number of allylic oxidation sites excluding steroid dienone is 1. The van der Waals surface area contributed by atoms with Crippen LogP contribution in [0.25, 0.3) is 0 Å². The topological polar surface area (TPSA) is 37.3 Å². The number of carboxylic acid groups (broad SMARTS) is 1. The molecular weight excluding hydrogens is 268 g/mol. The summed E-state index contributed by atoms with van der Waals surface area (Å²) in [6, 6.07) is 7.70. The minimum absolute atomic E-state index is 0.0799. The molecule has 0 fully saturated rings. The molecule has 0 aliphatic carbocycles. The molecule has 0 saturated heterocycles. The molecule has 3 heteroatoms. The highest BCUT2D eigenvalue weighted by Crippen LogP contribution is 2.21. The van der Waals surface area contributed by atoms with Gasteiger partial charge in [-0.3, -0.25) is 0 Å². The highest BCUT2D eigenvalue weighted by Gasteiger charge is 2.05. The van der Waals surface area contributed by atoms with E-state index in [1.54, 1.807) is 6.08 Å². The van der Waals surface area contributed by atoms with E-state index in [4.69, 9.17) is 11.5 Å². The Hall–Kier alpha value is -1.53. The fraction of sp³-hybridized carbons (Fsp3) is 0.154. The smallest absolute Gasteiger partial charge is 0.327 e. The summed E-state index contributed by atoms with van der Waals surface area (Å²) in [5.41, 5.74) is 1.01. The van der Waals surface area contributed by atoms with Crippen molar-refractivity contribution in [1.29, 1.82) is 0 Å². The number of carboxylic acids is 1. The molecule has 0 bridgehead atoms. The Morgan fingerprint density at radius 2 is 2.12 bits per heavy atom. The van der Waals surface area contributed by atoms with E-state index in [2.05, 4.69) is 21.9 Å². The Bertz CT molecular complexity index is 426. The van der Waals surface area contributed by atoms with Gasteiger partial charge in [0.05, 0.1) is 0 Å². The SMILES string of the molecule is C#CC(C/C=C/C(=O)O)c1ccc(Br)cc1. The lowest BCUT2D eigenvalue weighted by molar-refractivity contribution is -0.131. The summed E-state index contributed by atoms with van der Waals surface area (Å²) in [5, 5.41) is 8.46. The zero-order valence-corrected chi connectivity index (χ0v) is 10.1. The molecule has 0 amide bonds. The fourth-order valence-electron chi connectivity index (χ4n) is 1.30. The van der Waals surface area contributed by atoms with Gasteiger partial charge in [-0.1, -0.05) is 40.1 Å². The third-order valence-corrected chi connectivity index (χ3v) is 2.63. The number of benzene rings is 1. The molecule has 1 aromatic rings. The van der Waals surface area contributed by atoms with Crippen molar-refractivity contribution < 1.29 is 9.90 Å². The Morgan fingerprint density at radius 3 is 2.62 bits per heavy atom. The average Bonchev–Trinajstić information content (AvgIpc) is 2.26. The number of aliphatic carboxylic acids is 1. The molecule has 0 heterocycles. The van der Waals surface area contributed by atoms with Gasteiger partial charge in [-0.2, -0.15) is 0 Å². The first kappa shape index (κ1) is 12.5. The van der Waals surface area contributed by atoms with E-state index in [0.717, 1.165) is 16.1 Å². The van der Waals surface area contributed by atoms with Crippen LogP contribution in [0.3, 0.4) is 0 Å². The Morgan fingerprint density at radius 1 is 1.50 bits per heavy atom. The molecule has 1 rings (SSSR count).